The molecule has 0 aromatic carbocycles. The molecule has 1 aliphatic rings. The molecule has 0 aliphatic heterocycles. The van der Waals surface area contributed by atoms with E-state index in [-0.39, 0.29) is 5.91 Å². The fraction of sp³-hybridized carbons (Fsp3) is 0.714. The van der Waals surface area contributed by atoms with Crippen LogP contribution in [0.3, 0.4) is 0 Å². The third-order valence-corrected chi connectivity index (χ3v) is 3.57. The number of nitrogens with zero attached hydrogens (tertiary/aromatic N) is 1. The largest absolute Gasteiger partial charge is 0.348 e. The highest BCUT2D eigenvalue weighted by molar-refractivity contribution is 5.92. The lowest BCUT2D eigenvalue weighted by Crippen LogP contribution is -2.34. The van der Waals surface area contributed by atoms with Gasteiger partial charge >= 0.3 is 0 Å². The first-order valence-electron chi connectivity index (χ1n) is 7.14. The maximum atomic E-state index is 12.0. The highest BCUT2D eigenvalue weighted by Gasteiger charge is 2.17. The Morgan fingerprint density at radius 1 is 1.39 bits per heavy atom. The van der Waals surface area contributed by atoms with Crippen molar-refractivity contribution < 1.29 is 4.79 Å². The molecule has 1 heterocycles. The van der Waals surface area contributed by atoms with Crippen LogP contribution in [0.15, 0.2) is 6.07 Å². The summed E-state index contributed by atoms with van der Waals surface area (Å²) < 4.78 is 0. The van der Waals surface area contributed by atoms with Gasteiger partial charge in [-0.15, -0.1) is 0 Å². The second kappa shape index (κ2) is 6.57. The van der Waals surface area contributed by atoms with E-state index in [1.807, 2.05) is 6.07 Å². The van der Waals surface area contributed by atoms with Gasteiger partial charge in [-0.2, -0.15) is 5.10 Å². The van der Waals surface area contributed by atoms with E-state index in [1.54, 1.807) is 0 Å². The van der Waals surface area contributed by atoms with Crippen molar-refractivity contribution in [2.24, 2.45) is 0 Å². The van der Waals surface area contributed by atoms with Crippen molar-refractivity contribution in [2.75, 3.05) is 0 Å². The topological polar surface area (TPSA) is 57.8 Å². The molecule has 0 bridgehead atoms. The molecule has 1 fully saturated rings. The van der Waals surface area contributed by atoms with Gasteiger partial charge in [-0.25, -0.2) is 0 Å². The molecule has 0 atom stereocenters. The maximum Gasteiger partial charge on any atom is 0.271 e. The summed E-state index contributed by atoms with van der Waals surface area (Å²) in [5.74, 6) is -0.0273. The van der Waals surface area contributed by atoms with E-state index in [1.165, 1.54) is 25.7 Å². The first kappa shape index (κ1) is 13.1. The number of aryl methyl sites for hydroxylation is 1. The van der Waals surface area contributed by atoms with Crippen molar-refractivity contribution in [1.82, 2.24) is 15.5 Å². The first-order valence-corrected chi connectivity index (χ1v) is 7.14. The second-order valence-electron chi connectivity index (χ2n) is 5.19. The minimum absolute atomic E-state index is 0.0273. The number of carbonyl (C=O) groups excluding carboxylic acids is 1. The van der Waals surface area contributed by atoms with Crippen LogP contribution in [-0.2, 0) is 6.42 Å². The van der Waals surface area contributed by atoms with Crippen molar-refractivity contribution in [3.05, 3.63) is 17.5 Å². The Morgan fingerprint density at radius 2 is 2.11 bits per heavy atom. The van der Waals surface area contributed by atoms with Gasteiger partial charge < -0.3 is 5.32 Å². The average molecular weight is 249 g/mol. The molecule has 2 rings (SSSR count). The van der Waals surface area contributed by atoms with Crippen molar-refractivity contribution in [1.29, 1.82) is 0 Å². The van der Waals surface area contributed by atoms with Crippen LogP contribution < -0.4 is 5.32 Å². The molecule has 2 N–H and O–H groups in total. The van der Waals surface area contributed by atoms with Crippen LogP contribution in [0.1, 0.15) is 68.1 Å². The van der Waals surface area contributed by atoms with E-state index in [9.17, 15) is 4.79 Å². The van der Waals surface area contributed by atoms with E-state index in [0.717, 1.165) is 31.4 Å². The van der Waals surface area contributed by atoms with E-state index in [4.69, 9.17) is 0 Å². The van der Waals surface area contributed by atoms with Crippen LogP contribution in [-0.4, -0.2) is 22.1 Å². The summed E-state index contributed by atoms with van der Waals surface area (Å²) in [5.41, 5.74) is 1.58. The summed E-state index contributed by atoms with van der Waals surface area (Å²) in [6.07, 6.45) is 9.29. The molecule has 100 valence electrons. The Labute approximate surface area is 109 Å². The molecule has 4 nitrogen and oxygen atoms in total. The number of carbonyl (C=O) groups is 1. The maximum absolute atomic E-state index is 12.0. The third-order valence-electron chi connectivity index (χ3n) is 3.57. The van der Waals surface area contributed by atoms with E-state index < -0.39 is 0 Å². The molecule has 1 aromatic heterocycles. The lowest BCUT2D eigenvalue weighted by atomic mass is 10.1. The van der Waals surface area contributed by atoms with Crippen LogP contribution in [0.2, 0.25) is 0 Å². The minimum atomic E-state index is -0.0273. The van der Waals surface area contributed by atoms with E-state index in [2.05, 4.69) is 22.4 Å². The zero-order valence-electron chi connectivity index (χ0n) is 11.2. The fourth-order valence-corrected chi connectivity index (χ4v) is 2.56. The Balaban J connectivity index is 1.89. The smallest absolute Gasteiger partial charge is 0.271 e. The molecule has 0 unspecified atom stereocenters. The quantitative estimate of drug-likeness (QED) is 0.806. The summed E-state index contributed by atoms with van der Waals surface area (Å²) >= 11 is 0. The van der Waals surface area contributed by atoms with Gasteiger partial charge in [-0.05, 0) is 25.3 Å². The van der Waals surface area contributed by atoms with Gasteiger partial charge in [0, 0.05) is 11.7 Å². The monoisotopic (exact) mass is 249 g/mol. The van der Waals surface area contributed by atoms with Crippen LogP contribution >= 0.6 is 0 Å². The second-order valence-corrected chi connectivity index (χ2v) is 5.19. The molecular formula is C14H23N3O. The molecule has 0 saturated heterocycles. The highest BCUT2D eigenvalue weighted by Crippen LogP contribution is 2.17. The predicted octanol–water partition coefficient (Wildman–Crippen LogP) is 2.81. The van der Waals surface area contributed by atoms with Crippen molar-refractivity contribution in [3.8, 4) is 0 Å². The Hall–Kier alpha value is -1.32. The van der Waals surface area contributed by atoms with Crippen LogP contribution in [0.4, 0.5) is 0 Å². The molecule has 1 saturated carbocycles. The van der Waals surface area contributed by atoms with Gasteiger partial charge in [-0.1, -0.05) is 39.0 Å². The molecule has 0 radical (unpaired) electrons. The summed E-state index contributed by atoms with van der Waals surface area (Å²) in [4.78, 5) is 12.0. The zero-order valence-corrected chi connectivity index (χ0v) is 11.2. The summed E-state index contributed by atoms with van der Waals surface area (Å²) in [6, 6.07) is 2.21. The molecule has 1 aromatic rings. The van der Waals surface area contributed by atoms with Crippen molar-refractivity contribution in [2.45, 2.75) is 64.3 Å². The predicted molar refractivity (Wildman–Crippen MR) is 71.5 cm³/mol. The normalized spacial score (nSPS) is 17.4. The third kappa shape index (κ3) is 3.59. The van der Waals surface area contributed by atoms with Crippen molar-refractivity contribution in [3.63, 3.8) is 0 Å². The summed E-state index contributed by atoms with van der Waals surface area (Å²) in [5, 5.41) is 10.1. The fourth-order valence-electron chi connectivity index (χ4n) is 2.56. The molecule has 0 spiro atoms. The van der Waals surface area contributed by atoms with Gasteiger partial charge in [-0.3, -0.25) is 9.89 Å². The number of nitrogens with one attached hydrogen (secondary N) is 2. The van der Waals surface area contributed by atoms with Crippen LogP contribution in [0, 0.1) is 0 Å². The molecular weight excluding hydrogens is 226 g/mol. The first-order chi connectivity index (χ1) is 8.79. The zero-order chi connectivity index (χ0) is 12.8. The van der Waals surface area contributed by atoms with E-state index in [0.29, 0.717) is 11.7 Å². The molecule has 1 aliphatic carbocycles. The molecule has 4 heteroatoms. The average Bonchev–Trinajstić information content (AvgIpc) is 2.67. The SMILES string of the molecule is CCCc1cc(C(=O)NC2CCCCCC2)n[nH]1. The van der Waals surface area contributed by atoms with Gasteiger partial charge in [0.25, 0.3) is 5.91 Å². The lowest BCUT2D eigenvalue weighted by Gasteiger charge is -2.14. The van der Waals surface area contributed by atoms with Gasteiger partial charge in [0.15, 0.2) is 0 Å². The molecule has 18 heavy (non-hydrogen) atoms. The lowest BCUT2D eigenvalue weighted by molar-refractivity contribution is 0.0928. The van der Waals surface area contributed by atoms with Gasteiger partial charge in [0.1, 0.15) is 5.69 Å². The number of rotatable bonds is 4. The molecule has 1 amide bonds. The number of hydrogen-bond acceptors (Lipinski definition) is 2. The minimum Gasteiger partial charge on any atom is -0.348 e. The van der Waals surface area contributed by atoms with Crippen molar-refractivity contribution >= 4 is 5.91 Å². The van der Waals surface area contributed by atoms with Gasteiger partial charge in [0.2, 0.25) is 0 Å². The number of aromatic nitrogens is 2. The Bertz CT molecular complexity index is 378. The van der Waals surface area contributed by atoms with Crippen LogP contribution in [0.25, 0.3) is 0 Å². The summed E-state index contributed by atoms with van der Waals surface area (Å²) in [6.45, 7) is 2.12. The number of H-pyrrole nitrogens is 1. The van der Waals surface area contributed by atoms with E-state index >= 15 is 0 Å². The van der Waals surface area contributed by atoms with Gasteiger partial charge in [0.05, 0.1) is 0 Å². The number of amides is 1. The Morgan fingerprint density at radius 3 is 2.78 bits per heavy atom. The highest BCUT2D eigenvalue weighted by atomic mass is 16.2. The number of hydrogen-bond donors (Lipinski definition) is 2. The standard InChI is InChI=1S/C14H23N3O/c1-2-7-12-10-13(17-16-12)14(18)15-11-8-5-3-4-6-9-11/h10-11H,2-9H2,1H3,(H,15,18)(H,16,17). The number of aromatic amines is 1. The van der Waals surface area contributed by atoms with Crippen LogP contribution in [0.5, 0.6) is 0 Å². The Kier molecular flexibility index (Phi) is 4.79. The summed E-state index contributed by atoms with van der Waals surface area (Å²) in [7, 11) is 0.